The Morgan fingerprint density at radius 2 is 1.88 bits per heavy atom. The number of nitrogens with zero attached hydrogens (tertiary/aromatic N) is 2. The molecule has 0 aromatic heterocycles. The van der Waals surface area contributed by atoms with E-state index in [2.05, 4.69) is 27.9 Å². The van der Waals surface area contributed by atoms with E-state index in [0.717, 1.165) is 9.64 Å². The highest BCUT2D eigenvalue weighted by molar-refractivity contribution is 14.1. The second-order valence-electron chi connectivity index (χ2n) is 5.59. The Kier molecular flexibility index (Phi) is 5.75. The Morgan fingerprint density at radius 3 is 2.54 bits per heavy atom. The summed E-state index contributed by atoms with van der Waals surface area (Å²) in [7, 11) is -3.79. The number of ether oxygens (including phenoxy) is 1. The molecule has 2 aromatic carbocycles. The molecule has 0 atom stereocenters. The van der Waals surface area contributed by atoms with Gasteiger partial charge in [0.25, 0.3) is 5.69 Å². The van der Waals surface area contributed by atoms with E-state index in [0.29, 0.717) is 18.9 Å². The zero-order valence-electron chi connectivity index (χ0n) is 13.6. The third-order valence-corrected chi connectivity index (χ3v) is 6.44. The summed E-state index contributed by atoms with van der Waals surface area (Å²) < 4.78 is 32.8. The monoisotopic (exact) mass is 489 g/mol. The SMILES string of the molecule is O=[N+]([O-])c1cc(S(=O)(=O)N2CCOCC2)ccc1Nc1cccc(I)c1. The number of nitro benzene ring substituents is 1. The van der Waals surface area contributed by atoms with E-state index in [-0.39, 0.29) is 29.4 Å². The number of nitrogens with one attached hydrogen (secondary N) is 1. The number of anilines is 2. The van der Waals surface area contributed by atoms with Crippen molar-refractivity contribution in [2.24, 2.45) is 0 Å². The molecular weight excluding hydrogens is 473 g/mol. The highest BCUT2D eigenvalue weighted by Gasteiger charge is 2.28. The van der Waals surface area contributed by atoms with E-state index < -0.39 is 14.9 Å². The number of sulfonamides is 1. The Labute approximate surface area is 164 Å². The van der Waals surface area contributed by atoms with Crippen molar-refractivity contribution in [2.75, 3.05) is 31.6 Å². The van der Waals surface area contributed by atoms with Crippen LogP contribution in [0.2, 0.25) is 0 Å². The van der Waals surface area contributed by atoms with E-state index in [1.54, 1.807) is 6.07 Å². The van der Waals surface area contributed by atoms with Gasteiger partial charge in [0, 0.05) is 28.4 Å². The van der Waals surface area contributed by atoms with Gasteiger partial charge in [0.1, 0.15) is 5.69 Å². The molecule has 138 valence electrons. The molecule has 1 fully saturated rings. The Morgan fingerprint density at radius 1 is 1.15 bits per heavy atom. The van der Waals surface area contributed by atoms with Crippen LogP contribution in [0.15, 0.2) is 47.4 Å². The molecule has 1 N–H and O–H groups in total. The van der Waals surface area contributed by atoms with Gasteiger partial charge in [-0.3, -0.25) is 10.1 Å². The molecule has 0 unspecified atom stereocenters. The van der Waals surface area contributed by atoms with Crippen LogP contribution in [-0.4, -0.2) is 43.9 Å². The summed E-state index contributed by atoms with van der Waals surface area (Å²) in [6, 6.07) is 11.2. The van der Waals surface area contributed by atoms with Crippen LogP contribution < -0.4 is 5.32 Å². The molecule has 0 saturated carbocycles. The summed E-state index contributed by atoms with van der Waals surface area (Å²) in [5.41, 5.74) is 0.625. The first-order valence-electron chi connectivity index (χ1n) is 7.77. The molecule has 0 radical (unpaired) electrons. The van der Waals surface area contributed by atoms with Gasteiger partial charge in [-0.1, -0.05) is 6.07 Å². The maximum absolute atomic E-state index is 12.7. The topological polar surface area (TPSA) is 102 Å². The van der Waals surface area contributed by atoms with Gasteiger partial charge in [-0.15, -0.1) is 0 Å². The first kappa shape index (κ1) is 19.0. The second kappa shape index (κ2) is 7.86. The van der Waals surface area contributed by atoms with Crippen LogP contribution in [0.4, 0.5) is 17.1 Å². The van der Waals surface area contributed by atoms with Crippen LogP contribution in [0.3, 0.4) is 0 Å². The largest absolute Gasteiger partial charge is 0.379 e. The van der Waals surface area contributed by atoms with Crippen LogP contribution >= 0.6 is 22.6 Å². The Hall–Kier alpha value is -1.76. The van der Waals surface area contributed by atoms with Crippen molar-refractivity contribution in [3.8, 4) is 0 Å². The maximum Gasteiger partial charge on any atom is 0.294 e. The van der Waals surface area contributed by atoms with Gasteiger partial charge in [-0.25, -0.2) is 8.42 Å². The summed E-state index contributed by atoms with van der Waals surface area (Å²) in [5, 5.41) is 14.4. The van der Waals surface area contributed by atoms with Crippen LogP contribution in [0.5, 0.6) is 0 Å². The number of morpholine rings is 1. The minimum Gasteiger partial charge on any atom is -0.379 e. The van der Waals surface area contributed by atoms with Crippen molar-refractivity contribution in [2.45, 2.75) is 4.90 Å². The molecule has 1 saturated heterocycles. The fraction of sp³-hybridized carbons (Fsp3) is 0.250. The van der Waals surface area contributed by atoms with Crippen LogP contribution in [0.25, 0.3) is 0 Å². The normalized spacial score (nSPS) is 15.6. The molecule has 0 spiro atoms. The number of hydrogen-bond donors (Lipinski definition) is 1. The molecule has 1 aliphatic rings. The molecule has 1 heterocycles. The minimum absolute atomic E-state index is 0.0979. The van der Waals surface area contributed by atoms with Gasteiger partial charge >= 0.3 is 0 Å². The average Bonchev–Trinajstić information content (AvgIpc) is 2.62. The number of hydrogen-bond acceptors (Lipinski definition) is 6. The first-order chi connectivity index (χ1) is 12.4. The number of rotatable bonds is 5. The van der Waals surface area contributed by atoms with E-state index in [9.17, 15) is 18.5 Å². The zero-order valence-corrected chi connectivity index (χ0v) is 16.6. The lowest BCUT2D eigenvalue weighted by atomic mass is 10.2. The van der Waals surface area contributed by atoms with E-state index in [1.807, 2.05) is 18.2 Å². The van der Waals surface area contributed by atoms with Crippen LogP contribution in [0, 0.1) is 13.7 Å². The van der Waals surface area contributed by atoms with Gasteiger partial charge in [0.05, 0.1) is 23.0 Å². The molecule has 26 heavy (non-hydrogen) atoms. The van der Waals surface area contributed by atoms with Crippen LogP contribution in [-0.2, 0) is 14.8 Å². The second-order valence-corrected chi connectivity index (χ2v) is 8.77. The fourth-order valence-corrected chi connectivity index (χ4v) is 4.56. The first-order valence-corrected chi connectivity index (χ1v) is 10.3. The lowest BCUT2D eigenvalue weighted by Crippen LogP contribution is -2.40. The highest BCUT2D eigenvalue weighted by Crippen LogP contribution is 2.31. The van der Waals surface area contributed by atoms with E-state index in [1.165, 1.54) is 16.4 Å². The lowest BCUT2D eigenvalue weighted by molar-refractivity contribution is -0.384. The summed E-state index contributed by atoms with van der Waals surface area (Å²) in [5.74, 6) is 0. The molecule has 0 aliphatic carbocycles. The van der Waals surface area contributed by atoms with Gasteiger partial charge in [-0.2, -0.15) is 4.31 Å². The van der Waals surface area contributed by atoms with Gasteiger partial charge in [-0.05, 0) is 52.9 Å². The summed E-state index contributed by atoms with van der Waals surface area (Å²) in [4.78, 5) is 10.8. The molecule has 1 aliphatic heterocycles. The molecule has 0 bridgehead atoms. The third-order valence-electron chi connectivity index (χ3n) is 3.88. The molecule has 10 heteroatoms. The van der Waals surface area contributed by atoms with Gasteiger partial charge in [0.15, 0.2) is 0 Å². The predicted molar refractivity (Wildman–Crippen MR) is 105 cm³/mol. The quantitative estimate of drug-likeness (QED) is 0.394. The van der Waals surface area contributed by atoms with Crippen molar-refractivity contribution in [3.05, 3.63) is 56.1 Å². The summed E-state index contributed by atoms with van der Waals surface area (Å²) >= 11 is 2.14. The number of benzene rings is 2. The van der Waals surface area contributed by atoms with Crippen molar-refractivity contribution >= 4 is 49.7 Å². The van der Waals surface area contributed by atoms with E-state index in [4.69, 9.17) is 4.74 Å². The zero-order chi connectivity index (χ0) is 18.7. The molecular formula is C16H16IN3O5S. The number of halogens is 1. The smallest absolute Gasteiger partial charge is 0.294 e. The molecule has 8 nitrogen and oxygen atoms in total. The van der Waals surface area contributed by atoms with Gasteiger partial charge in [0.2, 0.25) is 10.0 Å². The van der Waals surface area contributed by atoms with Crippen molar-refractivity contribution in [3.63, 3.8) is 0 Å². The van der Waals surface area contributed by atoms with E-state index >= 15 is 0 Å². The standard InChI is InChI=1S/C16H16IN3O5S/c17-12-2-1-3-13(10-12)18-15-5-4-14(11-16(15)20(21)22)26(23,24)19-6-8-25-9-7-19/h1-5,10-11,18H,6-9H2. The molecule has 0 amide bonds. The van der Waals surface area contributed by atoms with Crippen molar-refractivity contribution < 1.29 is 18.1 Å². The average molecular weight is 489 g/mol. The Bertz CT molecular complexity index is 929. The number of nitro groups is 1. The fourth-order valence-electron chi connectivity index (χ4n) is 2.59. The highest BCUT2D eigenvalue weighted by atomic mass is 127. The van der Waals surface area contributed by atoms with Gasteiger partial charge < -0.3 is 10.1 Å². The summed E-state index contributed by atoms with van der Waals surface area (Å²) in [6.07, 6.45) is 0. The predicted octanol–water partition coefficient (Wildman–Crippen LogP) is 2.96. The third kappa shape index (κ3) is 4.14. The van der Waals surface area contributed by atoms with Crippen LogP contribution in [0.1, 0.15) is 0 Å². The maximum atomic E-state index is 12.7. The minimum atomic E-state index is -3.79. The van der Waals surface area contributed by atoms with Crippen molar-refractivity contribution in [1.82, 2.24) is 4.31 Å². The lowest BCUT2D eigenvalue weighted by Gasteiger charge is -2.26. The molecule has 3 rings (SSSR count). The molecule has 2 aromatic rings. The summed E-state index contributed by atoms with van der Waals surface area (Å²) in [6.45, 7) is 1.10. The Balaban J connectivity index is 1.95. The van der Waals surface area contributed by atoms with Crippen molar-refractivity contribution in [1.29, 1.82) is 0 Å².